The van der Waals surface area contributed by atoms with Crippen molar-refractivity contribution in [1.29, 1.82) is 0 Å². The normalized spacial score (nSPS) is 14.6. The number of azo groups is 1. The zero-order chi connectivity index (χ0) is 26.6. The fourth-order valence-electron chi connectivity index (χ4n) is 3.78. The van der Waals surface area contributed by atoms with Gasteiger partial charge in [-0.15, -0.1) is 10.2 Å². The predicted molar refractivity (Wildman–Crippen MR) is 147 cm³/mol. The van der Waals surface area contributed by atoms with E-state index in [9.17, 15) is 4.79 Å². The number of rotatable bonds is 8. The molecule has 0 amide bonds. The first-order valence-electron chi connectivity index (χ1n) is 12.1. The van der Waals surface area contributed by atoms with Crippen molar-refractivity contribution in [3.05, 3.63) is 41.4 Å². The summed E-state index contributed by atoms with van der Waals surface area (Å²) in [7, 11) is 1.63. The Kier molecular flexibility index (Phi) is 8.19. The van der Waals surface area contributed by atoms with Crippen LogP contribution in [0.25, 0.3) is 16.1 Å². The number of carbonyl (C=O) groups excluding carboxylic acids is 1. The van der Waals surface area contributed by atoms with Crippen LogP contribution in [0.3, 0.4) is 0 Å². The summed E-state index contributed by atoms with van der Waals surface area (Å²) in [4.78, 5) is 23.2. The molecule has 9 nitrogen and oxygen atoms in total. The predicted octanol–water partition coefficient (Wildman–Crippen LogP) is 7.50. The second-order valence-corrected chi connectivity index (χ2v) is 11.1. The average Bonchev–Trinajstić information content (AvgIpc) is 3.50. The van der Waals surface area contributed by atoms with E-state index in [1.165, 1.54) is 11.3 Å². The Hall–Kier alpha value is -3.36. The Morgan fingerprint density at radius 3 is 2.62 bits per heavy atom. The third kappa shape index (κ3) is 5.81. The van der Waals surface area contributed by atoms with E-state index < -0.39 is 5.41 Å². The van der Waals surface area contributed by atoms with Gasteiger partial charge in [0.2, 0.25) is 5.69 Å². The van der Waals surface area contributed by atoms with Crippen molar-refractivity contribution in [3.8, 4) is 17.0 Å². The van der Waals surface area contributed by atoms with E-state index in [0.29, 0.717) is 32.8 Å². The SMILES string of the molecule is [C-]#[N+]c1c(C)nsc1/N=N/c1sc(N2CCC(OC(=O)C(C)(C)CC)CC2)nc1-c1ccccc1OC. The molecule has 0 N–H and O–H groups in total. The minimum absolute atomic E-state index is 0.0935. The molecule has 1 saturated heterocycles. The smallest absolute Gasteiger partial charge is 0.311 e. The molecule has 0 spiro atoms. The molecule has 0 radical (unpaired) electrons. The van der Waals surface area contributed by atoms with Crippen molar-refractivity contribution in [2.45, 2.75) is 53.1 Å². The van der Waals surface area contributed by atoms with Crippen LogP contribution in [0.2, 0.25) is 0 Å². The Labute approximate surface area is 225 Å². The van der Waals surface area contributed by atoms with Gasteiger partial charge < -0.3 is 14.4 Å². The number of ether oxygens (including phenoxy) is 2. The van der Waals surface area contributed by atoms with Gasteiger partial charge in [0.1, 0.15) is 17.5 Å². The van der Waals surface area contributed by atoms with E-state index in [-0.39, 0.29) is 12.1 Å². The van der Waals surface area contributed by atoms with E-state index in [2.05, 4.69) is 24.3 Å². The molecule has 0 unspecified atom stereocenters. The van der Waals surface area contributed by atoms with Gasteiger partial charge in [-0.05, 0) is 50.9 Å². The van der Waals surface area contributed by atoms with Crippen LogP contribution in [-0.2, 0) is 9.53 Å². The molecule has 2 aromatic heterocycles. The quantitative estimate of drug-likeness (QED) is 0.167. The molecule has 1 fully saturated rings. The van der Waals surface area contributed by atoms with E-state index in [1.54, 1.807) is 14.0 Å². The van der Waals surface area contributed by atoms with Crippen molar-refractivity contribution >= 4 is 49.7 Å². The number of anilines is 1. The van der Waals surface area contributed by atoms with Crippen LogP contribution in [0.4, 0.5) is 20.8 Å². The van der Waals surface area contributed by atoms with Crippen LogP contribution < -0.4 is 9.64 Å². The molecule has 0 bridgehead atoms. The maximum atomic E-state index is 12.5. The second-order valence-electron chi connectivity index (χ2n) is 9.41. The highest BCUT2D eigenvalue weighted by atomic mass is 32.1. The maximum absolute atomic E-state index is 12.5. The molecular weight excluding hydrogens is 508 g/mol. The van der Waals surface area contributed by atoms with Crippen LogP contribution in [0.5, 0.6) is 5.75 Å². The number of hydrogen-bond donors (Lipinski definition) is 0. The molecule has 4 rings (SSSR count). The van der Waals surface area contributed by atoms with Gasteiger partial charge in [0, 0.05) is 31.5 Å². The average molecular weight is 539 g/mol. The van der Waals surface area contributed by atoms with Crippen LogP contribution in [0.15, 0.2) is 34.5 Å². The van der Waals surface area contributed by atoms with Gasteiger partial charge in [0.15, 0.2) is 15.1 Å². The van der Waals surface area contributed by atoms with Crippen LogP contribution >= 0.6 is 22.9 Å². The Bertz CT molecular complexity index is 1330. The minimum atomic E-state index is -0.472. The third-order valence-electron chi connectivity index (χ3n) is 6.54. The number of aromatic nitrogens is 2. The number of carbonyl (C=O) groups is 1. The summed E-state index contributed by atoms with van der Waals surface area (Å²) >= 11 is 2.60. The van der Waals surface area contributed by atoms with Crippen molar-refractivity contribution in [2.24, 2.45) is 15.6 Å². The van der Waals surface area contributed by atoms with E-state index in [1.807, 2.05) is 45.0 Å². The molecule has 1 aromatic carbocycles. The second kappa shape index (κ2) is 11.4. The van der Waals surface area contributed by atoms with Crippen molar-refractivity contribution in [3.63, 3.8) is 0 Å². The lowest BCUT2D eigenvalue weighted by atomic mass is 9.90. The topological polar surface area (TPSA) is 93.6 Å². The lowest BCUT2D eigenvalue weighted by molar-refractivity contribution is -0.160. The molecule has 1 aliphatic heterocycles. The van der Waals surface area contributed by atoms with Crippen molar-refractivity contribution in [1.82, 2.24) is 9.36 Å². The van der Waals surface area contributed by atoms with Crippen molar-refractivity contribution in [2.75, 3.05) is 25.1 Å². The summed E-state index contributed by atoms with van der Waals surface area (Å²) in [6.45, 7) is 16.5. The highest BCUT2D eigenvalue weighted by molar-refractivity contribution is 7.19. The molecule has 11 heteroatoms. The maximum Gasteiger partial charge on any atom is 0.311 e. The van der Waals surface area contributed by atoms with E-state index in [0.717, 1.165) is 54.6 Å². The summed E-state index contributed by atoms with van der Waals surface area (Å²) < 4.78 is 15.6. The first-order valence-corrected chi connectivity index (χ1v) is 13.7. The number of piperidine rings is 1. The number of methoxy groups -OCH3 is 1. The summed E-state index contributed by atoms with van der Waals surface area (Å²) in [5.74, 6) is 0.552. The van der Waals surface area contributed by atoms with Gasteiger partial charge in [0.05, 0.1) is 24.8 Å². The van der Waals surface area contributed by atoms with Gasteiger partial charge in [-0.25, -0.2) is 14.2 Å². The number of hydrogen-bond acceptors (Lipinski definition) is 10. The standard InChI is InChI=1S/C26H30N6O3S2/c1-7-26(3,4)24(33)35-17-12-14-32(15-13-17)25-28-21(18-10-8-9-11-19(18)34-6)22(36-25)29-30-23-20(27-5)16(2)31-37-23/h8-11,17H,7,12-15H2,1-4,6H3/b30-29+. The number of aryl methyl sites for hydroxylation is 1. The van der Waals surface area contributed by atoms with Crippen molar-refractivity contribution < 1.29 is 14.3 Å². The monoisotopic (exact) mass is 538 g/mol. The molecular formula is C26H30N6O3S2. The van der Waals surface area contributed by atoms with Gasteiger partial charge in [-0.2, -0.15) is 0 Å². The highest BCUT2D eigenvalue weighted by Gasteiger charge is 2.32. The summed E-state index contributed by atoms with van der Waals surface area (Å²) in [6, 6.07) is 7.67. The van der Waals surface area contributed by atoms with Gasteiger partial charge in [-0.1, -0.05) is 30.4 Å². The van der Waals surface area contributed by atoms with Gasteiger partial charge >= 0.3 is 5.97 Å². The fourth-order valence-corrected chi connectivity index (χ4v) is 5.40. The number of benzene rings is 1. The van der Waals surface area contributed by atoms with E-state index in [4.69, 9.17) is 21.0 Å². The number of nitrogens with zero attached hydrogens (tertiary/aromatic N) is 6. The largest absolute Gasteiger partial charge is 0.496 e. The molecule has 0 aliphatic carbocycles. The molecule has 1 aliphatic rings. The number of esters is 1. The molecule has 3 heterocycles. The van der Waals surface area contributed by atoms with Gasteiger partial charge in [0.25, 0.3) is 0 Å². The Morgan fingerprint density at radius 1 is 1.24 bits per heavy atom. The van der Waals surface area contributed by atoms with Gasteiger partial charge in [-0.3, -0.25) is 4.79 Å². The Morgan fingerprint density at radius 2 is 1.95 bits per heavy atom. The first kappa shape index (κ1) is 26.7. The number of para-hydroxylation sites is 1. The lowest BCUT2D eigenvalue weighted by Crippen LogP contribution is -2.39. The summed E-state index contributed by atoms with van der Waals surface area (Å²) in [5.41, 5.74) is 2.08. The number of thiazole rings is 1. The molecule has 0 atom stereocenters. The lowest BCUT2D eigenvalue weighted by Gasteiger charge is -2.33. The summed E-state index contributed by atoms with van der Waals surface area (Å²) in [6.07, 6.45) is 2.12. The summed E-state index contributed by atoms with van der Waals surface area (Å²) in [5, 5.41) is 10.8. The van der Waals surface area contributed by atoms with Crippen LogP contribution in [0.1, 0.15) is 45.7 Å². The van der Waals surface area contributed by atoms with E-state index >= 15 is 0 Å². The third-order valence-corrected chi connectivity index (χ3v) is 8.35. The highest BCUT2D eigenvalue weighted by Crippen LogP contribution is 2.45. The minimum Gasteiger partial charge on any atom is -0.496 e. The molecule has 37 heavy (non-hydrogen) atoms. The molecule has 3 aromatic rings. The fraction of sp³-hybridized carbons (Fsp3) is 0.462. The van der Waals surface area contributed by atoms with Crippen LogP contribution in [-0.4, -0.2) is 41.6 Å². The zero-order valence-electron chi connectivity index (χ0n) is 21.6. The molecule has 194 valence electrons. The first-order chi connectivity index (χ1) is 17.8. The molecule has 0 saturated carbocycles. The Balaban J connectivity index is 1.59. The van der Waals surface area contributed by atoms with Crippen LogP contribution in [0, 0.1) is 18.9 Å². The zero-order valence-corrected chi connectivity index (χ0v) is 23.3.